The van der Waals surface area contributed by atoms with Gasteiger partial charge in [0.1, 0.15) is 0 Å². The number of rotatable bonds is 13. The SMILES string of the molecule is Nc1c(Cl)cc(C(O)CNCCCCCCc2ccccc2C(=O)O)cc1Cl.O=C(O)C=CC(=O)O. The van der Waals surface area contributed by atoms with Gasteiger partial charge in [-0.25, -0.2) is 14.4 Å². The number of nitrogens with two attached hydrogens (primary N) is 1. The molecule has 0 amide bonds. The predicted molar refractivity (Wildman–Crippen MR) is 139 cm³/mol. The largest absolute Gasteiger partial charge is 0.478 e. The molecule has 0 aromatic heterocycles. The number of benzene rings is 2. The minimum Gasteiger partial charge on any atom is -0.478 e. The molecule has 0 saturated heterocycles. The Morgan fingerprint density at radius 2 is 1.47 bits per heavy atom. The summed E-state index contributed by atoms with van der Waals surface area (Å²) in [7, 11) is 0. The normalized spacial score (nSPS) is 11.5. The molecule has 2 rings (SSSR count). The van der Waals surface area contributed by atoms with E-state index in [9.17, 15) is 24.6 Å². The van der Waals surface area contributed by atoms with Crippen LogP contribution in [0.15, 0.2) is 48.6 Å². The van der Waals surface area contributed by atoms with Crippen LogP contribution in [0.3, 0.4) is 0 Å². The van der Waals surface area contributed by atoms with Crippen LogP contribution in [0.2, 0.25) is 10.0 Å². The molecular weight excluding hydrogens is 511 g/mol. The topological polar surface area (TPSA) is 170 Å². The number of aromatic carboxylic acids is 1. The van der Waals surface area contributed by atoms with Crippen molar-refractivity contribution in [3.8, 4) is 0 Å². The lowest BCUT2D eigenvalue weighted by atomic mass is 10.0. The van der Waals surface area contributed by atoms with E-state index in [2.05, 4.69) is 5.32 Å². The van der Waals surface area contributed by atoms with Gasteiger partial charge in [0.25, 0.3) is 0 Å². The van der Waals surface area contributed by atoms with E-state index in [1.165, 1.54) is 0 Å². The summed E-state index contributed by atoms with van der Waals surface area (Å²) < 4.78 is 0. The molecule has 9 nitrogen and oxygen atoms in total. The molecule has 11 heteroatoms. The molecule has 196 valence electrons. The molecule has 0 radical (unpaired) electrons. The summed E-state index contributed by atoms with van der Waals surface area (Å²) >= 11 is 12.0. The minimum absolute atomic E-state index is 0.318. The smallest absolute Gasteiger partial charge is 0.335 e. The van der Waals surface area contributed by atoms with Gasteiger partial charge in [0.05, 0.1) is 27.4 Å². The molecule has 0 fully saturated rings. The number of carboxylic acids is 3. The lowest BCUT2D eigenvalue weighted by Gasteiger charge is -2.14. The summed E-state index contributed by atoms with van der Waals surface area (Å²) in [6, 6.07) is 10.4. The number of anilines is 1. The van der Waals surface area contributed by atoms with Gasteiger partial charge in [0, 0.05) is 18.7 Å². The predicted octanol–water partition coefficient (Wildman–Crippen LogP) is 4.41. The van der Waals surface area contributed by atoms with Crippen LogP contribution < -0.4 is 11.1 Å². The van der Waals surface area contributed by atoms with E-state index in [1.54, 1.807) is 24.3 Å². The molecule has 0 aliphatic rings. The maximum absolute atomic E-state index is 11.2. The van der Waals surface area contributed by atoms with Gasteiger partial charge in [-0.05, 0) is 55.1 Å². The lowest BCUT2D eigenvalue weighted by molar-refractivity contribution is -0.134. The van der Waals surface area contributed by atoms with E-state index < -0.39 is 24.0 Å². The van der Waals surface area contributed by atoms with Crippen molar-refractivity contribution in [1.82, 2.24) is 5.32 Å². The number of aliphatic hydroxyl groups excluding tert-OH is 1. The molecule has 0 spiro atoms. The van der Waals surface area contributed by atoms with Gasteiger partial charge in [0.15, 0.2) is 0 Å². The van der Waals surface area contributed by atoms with Crippen LogP contribution >= 0.6 is 23.2 Å². The molecule has 1 unspecified atom stereocenters. The second-order valence-corrected chi connectivity index (χ2v) is 8.57. The third-order valence-corrected chi connectivity index (χ3v) is 5.62. The molecule has 0 aliphatic heterocycles. The van der Waals surface area contributed by atoms with Gasteiger partial charge >= 0.3 is 17.9 Å². The summed E-state index contributed by atoms with van der Waals surface area (Å²) in [5, 5.41) is 38.9. The molecule has 0 heterocycles. The Bertz CT molecular complexity index is 1020. The molecular formula is C25H30Cl2N2O7. The summed E-state index contributed by atoms with van der Waals surface area (Å²) in [5.41, 5.74) is 7.93. The first-order valence-corrected chi connectivity index (χ1v) is 11.9. The number of nitrogens with one attached hydrogen (secondary N) is 1. The highest BCUT2D eigenvalue weighted by Crippen LogP contribution is 2.31. The second-order valence-electron chi connectivity index (χ2n) is 7.75. The number of nitrogen functional groups attached to an aromatic ring is 1. The van der Waals surface area contributed by atoms with Gasteiger partial charge < -0.3 is 31.5 Å². The number of hydrogen-bond donors (Lipinski definition) is 6. The van der Waals surface area contributed by atoms with Crippen molar-refractivity contribution in [3.05, 3.63) is 75.3 Å². The van der Waals surface area contributed by atoms with E-state index in [-0.39, 0.29) is 0 Å². The average molecular weight is 541 g/mol. The number of aliphatic carboxylic acids is 2. The van der Waals surface area contributed by atoms with Crippen LogP contribution in [-0.4, -0.2) is 51.4 Å². The van der Waals surface area contributed by atoms with Crippen LogP contribution in [0, 0.1) is 0 Å². The van der Waals surface area contributed by atoms with E-state index in [0.29, 0.717) is 45.6 Å². The van der Waals surface area contributed by atoms with Crippen molar-refractivity contribution in [2.75, 3.05) is 18.8 Å². The average Bonchev–Trinajstić information content (AvgIpc) is 2.83. The zero-order valence-corrected chi connectivity index (χ0v) is 21.0. The molecule has 2 aromatic rings. The Labute approximate surface area is 219 Å². The third-order valence-electron chi connectivity index (χ3n) is 4.99. The minimum atomic E-state index is -1.26. The number of aliphatic hydroxyl groups is 1. The zero-order valence-electron chi connectivity index (χ0n) is 19.5. The highest BCUT2D eigenvalue weighted by atomic mass is 35.5. The first-order chi connectivity index (χ1) is 17.0. The Hall–Kier alpha value is -3.11. The van der Waals surface area contributed by atoms with Crippen molar-refractivity contribution in [1.29, 1.82) is 0 Å². The molecule has 0 saturated carbocycles. The fourth-order valence-electron chi connectivity index (χ4n) is 3.16. The number of unbranched alkanes of at least 4 members (excludes halogenated alkanes) is 3. The Morgan fingerprint density at radius 1 is 0.917 bits per heavy atom. The summed E-state index contributed by atoms with van der Waals surface area (Å²) in [6.45, 7) is 1.20. The van der Waals surface area contributed by atoms with Crippen LogP contribution in [0.1, 0.15) is 53.3 Å². The van der Waals surface area contributed by atoms with Crippen molar-refractivity contribution >= 4 is 46.8 Å². The molecule has 1 atom stereocenters. The van der Waals surface area contributed by atoms with Gasteiger partial charge in [-0.1, -0.05) is 54.2 Å². The van der Waals surface area contributed by atoms with Crippen molar-refractivity contribution in [2.24, 2.45) is 0 Å². The number of carboxylic acid groups (broad SMARTS) is 3. The standard InChI is InChI=1S/C21H26Cl2N2O3.C4H4O4/c22-17-11-15(12-18(23)20(17)24)19(26)13-25-10-6-2-1-3-7-14-8-4-5-9-16(14)21(27)28;5-3(6)1-2-4(7)8/h4-5,8-9,11-12,19,25-26H,1-3,6-7,10,13,24H2,(H,27,28);1-2H,(H,5,6)(H,7,8). The number of halogens is 2. The molecule has 7 N–H and O–H groups in total. The Kier molecular flexibility index (Phi) is 14.2. The number of aryl methyl sites for hydroxylation is 1. The summed E-state index contributed by atoms with van der Waals surface area (Å²) in [6.07, 6.45) is 5.19. The maximum Gasteiger partial charge on any atom is 0.335 e. The van der Waals surface area contributed by atoms with Crippen LogP contribution in [-0.2, 0) is 16.0 Å². The second kappa shape index (κ2) is 16.5. The molecule has 2 aromatic carbocycles. The molecule has 0 bridgehead atoms. The van der Waals surface area contributed by atoms with Crippen LogP contribution in [0.5, 0.6) is 0 Å². The van der Waals surface area contributed by atoms with Gasteiger partial charge in [-0.15, -0.1) is 0 Å². The van der Waals surface area contributed by atoms with E-state index in [1.807, 2.05) is 12.1 Å². The van der Waals surface area contributed by atoms with E-state index in [0.717, 1.165) is 44.2 Å². The maximum atomic E-state index is 11.2. The van der Waals surface area contributed by atoms with Crippen LogP contribution in [0.4, 0.5) is 5.69 Å². The van der Waals surface area contributed by atoms with Gasteiger partial charge in [-0.2, -0.15) is 0 Å². The Morgan fingerprint density at radius 3 is 2.03 bits per heavy atom. The number of carbonyl (C=O) groups is 3. The van der Waals surface area contributed by atoms with E-state index >= 15 is 0 Å². The highest BCUT2D eigenvalue weighted by Gasteiger charge is 2.12. The highest BCUT2D eigenvalue weighted by molar-refractivity contribution is 6.38. The van der Waals surface area contributed by atoms with Gasteiger partial charge in [0.2, 0.25) is 0 Å². The molecule has 36 heavy (non-hydrogen) atoms. The van der Waals surface area contributed by atoms with Crippen LogP contribution in [0.25, 0.3) is 0 Å². The monoisotopic (exact) mass is 540 g/mol. The Balaban J connectivity index is 0.000000697. The lowest BCUT2D eigenvalue weighted by Crippen LogP contribution is -2.22. The van der Waals surface area contributed by atoms with Crippen molar-refractivity contribution < 1.29 is 34.8 Å². The fraction of sp³-hybridized carbons (Fsp3) is 0.320. The van der Waals surface area contributed by atoms with Gasteiger partial charge in [-0.3, -0.25) is 0 Å². The van der Waals surface area contributed by atoms with E-state index in [4.69, 9.17) is 39.1 Å². The summed E-state index contributed by atoms with van der Waals surface area (Å²) in [5.74, 6) is -3.39. The zero-order chi connectivity index (χ0) is 27.1. The first-order valence-electron chi connectivity index (χ1n) is 11.1. The fourth-order valence-corrected chi connectivity index (χ4v) is 3.67. The first kappa shape index (κ1) is 30.9. The summed E-state index contributed by atoms with van der Waals surface area (Å²) in [4.78, 5) is 30.3. The van der Waals surface area contributed by atoms with Crippen molar-refractivity contribution in [2.45, 2.75) is 38.2 Å². The van der Waals surface area contributed by atoms with Crippen molar-refractivity contribution in [3.63, 3.8) is 0 Å². The third kappa shape index (κ3) is 12.0. The number of hydrogen-bond acceptors (Lipinski definition) is 6. The quantitative estimate of drug-likeness (QED) is 0.122. The molecule has 0 aliphatic carbocycles.